The van der Waals surface area contributed by atoms with Crippen molar-refractivity contribution in [2.24, 2.45) is 0 Å². The Labute approximate surface area is 189 Å². The summed E-state index contributed by atoms with van der Waals surface area (Å²) in [7, 11) is 4.85. The van der Waals surface area contributed by atoms with Crippen molar-refractivity contribution in [3.8, 4) is 27.8 Å². The molecule has 2 aromatic heterocycles. The number of carbonyl (C=O) groups excluding carboxylic acids is 1. The molecule has 1 aliphatic rings. The summed E-state index contributed by atoms with van der Waals surface area (Å²) in [6, 6.07) is 5.92. The van der Waals surface area contributed by atoms with E-state index in [4.69, 9.17) is 14.2 Å². The molecule has 1 fully saturated rings. The third kappa shape index (κ3) is 4.53. The first-order chi connectivity index (χ1) is 15.1. The van der Waals surface area contributed by atoms with Gasteiger partial charge in [0.1, 0.15) is 10.7 Å². The Balaban J connectivity index is 1.39. The molecule has 1 saturated heterocycles. The number of thiazole rings is 1. The largest absolute Gasteiger partial charge is 0.493 e. The Morgan fingerprint density at radius 2 is 1.77 bits per heavy atom. The van der Waals surface area contributed by atoms with Crippen LogP contribution >= 0.6 is 22.7 Å². The Kier molecular flexibility index (Phi) is 6.74. The first kappa shape index (κ1) is 21.6. The maximum atomic E-state index is 12.9. The average Bonchev–Trinajstić information content (AvgIpc) is 3.50. The highest BCUT2D eigenvalue weighted by molar-refractivity contribution is 7.14. The van der Waals surface area contributed by atoms with Gasteiger partial charge in [-0.1, -0.05) is 6.07 Å². The van der Waals surface area contributed by atoms with Gasteiger partial charge < -0.3 is 19.1 Å². The second kappa shape index (κ2) is 9.67. The molecule has 1 amide bonds. The van der Waals surface area contributed by atoms with E-state index in [0.29, 0.717) is 42.6 Å². The van der Waals surface area contributed by atoms with E-state index in [1.165, 1.54) is 11.3 Å². The number of methoxy groups -OCH3 is 3. The van der Waals surface area contributed by atoms with Gasteiger partial charge in [-0.05, 0) is 17.5 Å². The summed E-state index contributed by atoms with van der Waals surface area (Å²) in [4.78, 5) is 21.7. The summed E-state index contributed by atoms with van der Waals surface area (Å²) in [5, 5.41) is 6.82. The normalized spacial score (nSPS) is 14.5. The van der Waals surface area contributed by atoms with Gasteiger partial charge in [-0.2, -0.15) is 11.3 Å². The Morgan fingerprint density at radius 3 is 2.42 bits per heavy atom. The molecular weight excluding hydrogens is 434 g/mol. The lowest BCUT2D eigenvalue weighted by Crippen LogP contribution is -2.48. The van der Waals surface area contributed by atoms with Crippen molar-refractivity contribution in [2.75, 3.05) is 47.5 Å². The minimum absolute atomic E-state index is 0.000997. The van der Waals surface area contributed by atoms with Crippen molar-refractivity contribution in [1.29, 1.82) is 0 Å². The molecule has 3 heterocycles. The molecule has 0 radical (unpaired) electrons. The van der Waals surface area contributed by atoms with E-state index in [1.807, 2.05) is 39.2 Å². The van der Waals surface area contributed by atoms with Gasteiger partial charge >= 0.3 is 0 Å². The zero-order valence-electron chi connectivity index (χ0n) is 17.8. The van der Waals surface area contributed by atoms with E-state index in [0.717, 1.165) is 29.2 Å². The van der Waals surface area contributed by atoms with Crippen LogP contribution in [0.25, 0.3) is 10.6 Å². The van der Waals surface area contributed by atoms with Crippen LogP contribution in [0.15, 0.2) is 34.3 Å². The van der Waals surface area contributed by atoms with Gasteiger partial charge in [0.05, 0.1) is 21.3 Å². The number of hydrogen-bond donors (Lipinski definition) is 0. The van der Waals surface area contributed by atoms with Gasteiger partial charge in [0.2, 0.25) is 5.75 Å². The summed E-state index contributed by atoms with van der Waals surface area (Å²) >= 11 is 3.14. The Hall–Kier alpha value is -2.62. The second-order valence-corrected chi connectivity index (χ2v) is 8.75. The monoisotopic (exact) mass is 459 g/mol. The molecule has 31 heavy (non-hydrogen) atoms. The fourth-order valence-electron chi connectivity index (χ4n) is 3.69. The number of amides is 1. The number of benzene rings is 1. The first-order valence-corrected chi connectivity index (χ1v) is 11.7. The van der Waals surface area contributed by atoms with Crippen molar-refractivity contribution >= 4 is 28.6 Å². The lowest BCUT2D eigenvalue weighted by atomic mass is 10.1. The highest BCUT2D eigenvalue weighted by atomic mass is 32.1. The number of nitrogens with zero attached hydrogens (tertiary/aromatic N) is 3. The maximum Gasteiger partial charge on any atom is 0.273 e. The van der Waals surface area contributed by atoms with Crippen molar-refractivity contribution < 1.29 is 19.0 Å². The number of rotatable bonds is 7. The molecule has 0 aliphatic carbocycles. The van der Waals surface area contributed by atoms with E-state index in [2.05, 4.69) is 9.88 Å². The predicted molar refractivity (Wildman–Crippen MR) is 123 cm³/mol. The lowest BCUT2D eigenvalue weighted by Gasteiger charge is -2.34. The van der Waals surface area contributed by atoms with Crippen LogP contribution in [-0.2, 0) is 6.54 Å². The van der Waals surface area contributed by atoms with Crippen molar-refractivity contribution in [3.63, 3.8) is 0 Å². The molecule has 3 aromatic rings. The van der Waals surface area contributed by atoms with Gasteiger partial charge in [0.15, 0.2) is 11.5 Å². The van der Waals surface area contributed by atoms with Crippen LogP contribution in [0, 0.1) is 0 Å². The van der Waals surface area contributed by atoms with E-state index in [9.17, 15) is 4.79 Å². The van der Waals surface area contributed by atoms with Gasteiger partial charge in [0, 0.05) is 54.6 Å². The second-order valence-electron chi connectivity index (χ2n) is 7.11. The summed E-state index contributed by atoms with van der Waals surface area (Å²) in [5.41, 5.74) is 2.63. The SMILES string of the molecule is COc1ccc(CN2CCN(C(=O)c3csc(-c4ccsc4)n3)CC2)c(OC)c1OC. The van der Waals surface area contributed by atoms with Crippen LogP contribution in [0.3, 0.4) is 0 Å². The molecule has 0 N–H and O–H groups in total. The fourth-order valence-corrected chi connectivity index (χ4v) is 5.20. The molecule has 1 aromatic carbocycles. The van der Waals surface area contributed by atoms with Crippen molar-refractivity contribution in [3.05, 3.63) is 45.6 Å². The highest BCUT2D eigenvalue weighted by Crippen LogP contribution is 2.40. The minimum atomic E-state index is 0.000997. The van der Waals surface area contributed by atoms with Crippen LogP contribution in [0.4, 0.5) is 0 Å². The minimum Gasteiger partial charge on any atom is -0.493 e. The molecule has 0 atom stereocenters. The molecular formula is C22H25N3O4S2. The molecule has 0 unspecified atom stereocenters. The van der Waals surface area contributed by atoms with Crippen molar-refractivity contribution in [1.82, 2.24) is 14.8 Å². The van der Waals surface area contributed by atoms with E-state index < -0.39 is 0 Å². The van der Waals surface area contributed by atoms with Crippen LogP contribution < -0.4 is 14.2 Å². The van der Waals surface area contributed by atoms with Gasteiger partial charge in [0.25, 0.3) is 5.91 Å². The molecule has 7 nitrogen and oxygen atoms in total. The van der Waals surface area contributed by atoms with Crippen LogP contribution in [0.2, 0.25) is 0 Å². The Bertz CT molecular complexity index is 1030. The summed E-state index contributed by atoms with van der Waals surface area (Å²) < 4.78 is 16.5. The third-order valence-electron chi connectivity index (χ3n) is 5.33. The standard InChI is InChI=1S/C22H25N3O4S2/c1-27-18-5-4-15(19(28-2)20(18)29-3)12-24-7-9-25(10-8-24)22(26)17-14-31-21(23-17)16-6-11-30-13-16/h4-6,11,13-14H,7-10,12H2,1-3H3. The first-order valence-electron chi connectivity index (χ1n) is 9.92. The lowest BCUT2D eigenvalue weighted by molar-refractivity contribution is 0.0622. The van der Waals surface area contributed by atoms with Crippen LogP contribution in [0.5, 0.6) is 17.2 Å². The Morgan fingerprint density at radius 1 is 1.00 bits per heavy atom. The van der Waals surface area contributed by atoms with Gasteiger partial charge in [-0.25, -0.2) is 4.98 Å². The van der Waals surface area contributed by atoms with E-state index >= 15 is 0 Å². The molecule has 164 valence electrons. The number of hydrogen-bond acceptors (Lipinski definition) is 8. The smallest absolute Gasteiger partial charge is 0.273 e. The van der Waals surface area contributed by atoms with Gasteiger partial charge in [-0.15, -0.1) is 11.3 Å². The number of piperazine rings is 1. The van der Waals surface area contributed by atoms with E-state index in [1.54, 1.807) is 32.7 Å². The number of carbonyl (C=O) groups is 1. The average molecular weight is 460 g/mol. The predicted octanol–water partition coefficient (Wildman–Crippen LogP) is 3.86. The van der Waals surface area contributed by atoms with Crippen molar-refractivity contribution in [2.45, 2.75) is 6.54 Å². The molecule has 1 aliphatic heterocycles. The van der Waals surface area contributed by atoms with Gasteiger partial charge in [-0.3, -0.25) is 9.69 Å². The number of ether oxygens (including phenoxy) is 3. The highest BCUT2D eigenvalue weighted by Gasteiger charge is 2.25. The summed E-state index contributed by atoms with van der Waals surface area (Å²) in [6.07, 6.45) is 0. The number of thiophene rings is 1. The van der Waals surface area contributed by atoms with Crippen LogP contribution in [0.1, 0.15) is 16.1 Å². The van der Waals surface area contributed by atoms with Crippen LogP contribution in [-0.4, -0.2) is 68.2 Å². The molecule has 0 saturated carbocycles. The molecule has 0 spiro atoms. The third-order valence-corrected chi connectivity index (χ3v) is 6.91. The molecule has 0 bridgehead atoms. The molecule has 4 rings (SSSR count). The topological polar surface area (TPSA) is 64.1 Å². The zero-order valence-corrected chi connectivity index (χ0v) is 19.4. The quantitative estimate of drug-likeness (QED) is 0.535. The maximum absolute atomic E-state index is 12.9. The number of aromatic nitrogens is 1. The fraction of sp³-hybridized carbons (Fsp3) is 0.364. The summed E-state index contributed by atoms with van der Waals surface area (Å²) in [6.45, 7) is 3.61. The zero-order chi connectivity index (χ0) is 21.8. The summed E-state index contributed by atoms with van der Waals surface area (Å²) in [5.74, 6) is 1.93. The molecule has 9 heteroatoms. The van der Waals surface area contributed by atoms with E-state index in [-0.39, 0.29) is 5.91 Å².